The van der Waals surface area contributed by atoms with Gasteiger partial charge in [-0.25, -0.2) is 0 Å². The average molecular weight is 237 g/mol. The predicted molar refractivity (Wildman–Crippen MR) is 63.7 cm³/mol. The minimum atomic E-state index is -0.721. The second-order valence-electron chi connectivity index (χ2n) is 4.79. The third kappa shape index (κ3) is 2.88. The summed E-state index contributed by atoms with van der Waals surface area (Å²) in [6.07, 6.45) is 5.06. The normalized spacial score (nSPS) is 26.6. The first-order valence-electron chi connectivity index (χ1n) is 6.14. The third-order valence-electron chi connectivity index (χ3n) is 3.53. The minimum absolute atomic E-state index is 0.101. The lowest BCUT2D eigenvalue weighted by atomic mass is 9.90. The second kappa shape index (κ2) is 5.36. The molecule has 94 valence electrons. The molecule has 0 aromatic carbocycles. The molecule has 4 nitrogen and oxygen atoms in total. The van der Waals surface area contributed by atoms with Gasteiger partial charge in [-0.15, -0.1) is 0 Å². The van der Waals surface area contributed by atoms with Crippen LogP contribution in [0.2, 0.25) is 0 Å². The number of hydrogen-bond acceptors (Lipinski definition) is 3. The molecule has 0 spiro atoms. The van der Waals surface area contributed by atoms with E-state index in [-0.39, 0.29) is 18.4 Å². The molecule has 1 N–H and O–H groups in total. The molecule has 1 aromatic rings. The smallest absolute Gasteiger partial charge is 0.303 e. The fourth-order valence-electron chi connectivity index (χ4n) is 2.77. The second-order valence-corrected chi connectivity index (χ2v) is 4.79. The van der Waals surface area contributed by atoms with E-state index in [4.69, 9.17) is 9.52 Å². The monoisotopic (exact) mass is 237 g/mol. The summed E-state index contributed by atoms with van der Waals surface area (Å²) in [7, 11) is 2.05. The van der Waals surface area contributed by atoms with Gasteiger partial charge < -0.3 is 9.52 Å². The van der Waals surface area contributed by atoms with Crippen LogP contribution in [0.5, 0.6) is 0 Å². The summed E-state index contributed by atoms with van der Waals surface area (Å²) >= 11 is 0. The van der Waals surface area contributed by atoms with Crippen molar-refractivity contribution in [1.82, 2.24) is 4.90 Å². The zero-order valence-corrected chi connectivity index (χ0v) is 10.1. The standard InChI is InChI=1S/C13H19NO3/c1-14-7-3-2-5-10(9-12(15)16)13(14)11-6-4-8-17-11/h4,6,8,10,13H,2-3,5,7,9H2,1H3,(H,15,16)/t10-,13+/m1/s1. The molecule has 2 heterocycles. The van der Waals surface area contributed by atoms with E-state index in [2.05, 4.69) is 4.90 Å². The molecule has 0 aliphatic carbocycles. The van der Waals surface area contributed by atoms with E-state index < -0.39 is 5.97 Å². The molecule has 0 radical (unpaired) electrons. The van der Waals surface area contributed by atoms with Crippen LogP contribution in [0.4, 0.5) is 0 Å². The first-order chi connectivity index (χ1) is 8.18. The average Bonchev–Trinajstić information content (AvgIpc) is 2.71. The Kier molecular flexibility index (Phi) is 3.84. The molecule has 1 fully saturated rings. The molecule has 1 aromatic heterocycles. The van der Waals surface area contributed by atoms with E-state index in [1.807, 2.05) is 19.2 Å². The van der Waals surface area contributed by atoms with Crippen molar-refractivity contribution in [2.75, 3.05) is 13.6 Å². The zero-order chi connectivity index (χ0) is 12.3. The summed E-state index contributed by atoms with van der Waals surface area (Å²) in [4.78, 5) is 13.2. The van der Waals surface area contributed by atoms with Crippen LogP contribution < -0.4 is 0 Å². The number of carboxylic acid groups (broad SMARTS) is 1. The topological polar surface area (TPSA) is 53.7 Å². The fourth-order valence-corrected chi connectivity index (χ4v) is 2.77. The van der Waals surface area contributed by atoms with Crippen LogP contribution in [0, 0.1) is 5.92 Å². The first kappa shape index (κ1) is 12.2. The Morgan fingerprint density at radius 2 is 2.41 bits per heavy atom. The fraction of sp³-hybridized carbons (Fsp3) is 0.615. The molecule has 1 aliphatic rings. The highest BCUT2D eigenvalue weighted by Crippen LogP contribution is 2.36. The van der Waals surface area contributed by atoms with Crippen LogP contribution in [-0.4, -0.2) is 29.6 Å². The van der Waals surface area contributed by atoms with E-state index in [0.29, 0.717) is 0 Å². The van der Waals surface area contributed by atoms with E-state index in [0.717, 1.165) is 31.6 Å². The molecule has 2 atom stereocenters. The Balaban J connectivity index is 2.22. The number of carboxylic acids is 1. The van der Waals surface area contributed by atoms with E-state index in [9.17, 15) is 4.79 Å². The van der Waals surface area contributed by atoms with Gasteiger partial charge in [0.15, 0.2) is 0 Å². The Labute approximate surface area is 101 Å². The molecule has 1 saturated heterocycles. The number of hydrogen-bond donors (Lipinski definition) is 1. The van der Waals surface area contributed by atoms with Gasteiger partial charge in [-0.1, -0.05) is 6.42 Å². The quantitative estimate of drug-likeness (QED) is 0.877. The van der Waals surface area contributed by atoms with Gasteiger partial charge in [0.2, 0.25) is 0 Å². The number of furan rings is 1. The van der Waals surface area contributed by atoms with Gasteiger partial charge in [0.1, 0.15) is 5.76 Å². The lowest BCUT2D eigenvalue weighted by Crippen LogP contribution is -2.30. The number of aliphatic carboxylic acids is 1. The van der Waals surface area contributed by atoms with Crippen molar-refractivity contribution in [3.05, 3.63) is 24.2 Å². The highest BCUT2D eigenvalue weighted by molar-refractivity contribution is 5.67. The number of rotatable bonds is 3. The summed E-state index contributed by atoms with van der Waals surface area (Å²) in [5, 5.41) is 9.01. The van der Waals surface area contributed by atoms with Crippen molar-refractivity contribution in [2.45, 2.75) is 31.7 Å². The van der Waals surface area contributed by atoms with Crippen LogP contribution in [0.1, 0.15) is 37.5 Å². The molecule has 2 rings (SSSR count). The van der Waals surface area contributed by atoms with Crippen molar-refractivity contribution < 1.29 is 14.3 Å². The molecule has 0 bridgehead atoms. The van der Waals surface area contributed by atoms with Crippen molar-refractivity contribution >= 4 is 5.97 Å². The number of likely N-dealkylation sites (tertiary alicyclic amines) is 1. The predicted octanol–water partition coefficient (Wildman–Crippen LogP) is 2.53. The Hall–Kier alpha value is -1.29. The minimum Gasteiger partial charge on any atom is -0.481 e. The molecule has 0 saturated carbocycles. The van der Waals surface area contributed by atoms with Crippen LogP contribution >= 0.6 is 0 Å². The lowest BCUT2D eigenvalue weighted by Gasteiger charge is -2.29. The zero-order valence-electron chi connectivity index (χ0n) is 10.1. The molecule has 4 heteroatoms. The third-order valence-corrected chi connectivity index (χ3v) is 3.53. The SMILES string of the molecule is CN1CCCC[C@H](CC(=O)O)[C@H]1c1ccco1. The summed E-state index contributed by atoms with van der Waals surface area (Å²) in [5.74, 6) is 0.314. The van der Waals surface area contributed by atoms with Crippen molar-refractivity contribution in [3.63, 3.8) is 0 Å². The van der Waals surface area contributed by atoms with E-state index >= 15 is 0 Å². The van der Waals surface area contributed by atoms with Crippen LogP contribution in [-0.2, 0) is 4.79 Å². The maximum absolute atomic E-state index is 11.0. The number of nitrogens with zero attached hydrogens (tertiary/aromatic N) is 1. The highest BCUT2D eigenvalue weighted by atomic mass is 16.4. The van der Waals surface area contributed by atoms with E-state index in [1.165, 1.54) is 0 Å². The van der Waals surface area contributed by atoms with Gasteiger partial charge in [-0.05, 0) is 44.5 Å². The van der Waals surface area contributed by atoms with E-state index in [1.54, 1.807) is 6.26 Å². The van der Waals surface area contributed by atoms with Crippen LogP contribution in [0.3, 0.4) is 0 Å². The molecule has 0 amide bonds. The largest absolute Gasteiger partial charge is 0.481 e. The van der Waals surface area contributed by atoms with Crippen LogP contribution in [0.25, 0.3) is 0 Å². The van der Waals surface area contributed by atoms with Crippen molar-refractivity contribution in [3.8, 4) is 0 Å². The lowest BCUT2D eigenvalue weighted by molar-refractivity contribution is -0.138. The van der Waals surface area contributed by atoms with Gasteiger partial charge in [0, 0.05) is 0 Å². The highest BCUT2D eigenvalue weighted by Gasteiger charge is 2.32. The first-order valence-corrected chi connectivity index (χ1v) is 6.14. The Morgan fingerprint density at radius 3 is 3.06 bits per heavy atom. The van der Waals surface area contributed by atoms with Crippen LogP contribution in [0.15, 0.2) is 22.8 Å². The van der Waals surface area contributed by atoms with Crippen molar-refractivity contribution in [2.24, 2.45) is 5.92 Å². The molecular formula is C13H19NO3. The molecule has 0 unspecified atom stereocenters. The maximum atomic E-state index is 11.0. The molecule has 1 aliphatic heterocycles. The van der Waals surface area contributed by atoms with Gasteiger partial charge in [0.05, 0.1) is 18.7 Å². The van der Waals surface area contributed by atoms with Gasteiger partial charge in [-0.3, -0.25) is 9.69 Å². The van der Waals surface area contributed by atoms with Gasteiger partial charge >= 0.3 is 5.97 Å². The molecular weight excluding hydrogens is 218 g/mol. The van der Waals surface area contributed by atoms with Crippen molar-refractivity contribution in [1.29, 1.82) is 0 Å². The Morgan fingerprint density at radius 1 is 1.59 bits per heavy atom. The maximum Gasteiger partial charge on any atom is 0.303 e. The van der Waals surface area contributed by atoms with Gasteiger partial charge in [0.25, 0.3) is 0 Å². The Bertz CT molecular complexity index is 361. The summed E-state index contributed by atoms with van der Waals surface area (Å²) < 4.78 is 5.48. The summed E-state index contributed by atoms with van der Waals surface area (Å²) in [5.41, 5.74) is 0. The summed E-state index contributed by atoms with van der Waals surface area (Å²) in [6, 6.07) is 3.91. The number of carbonyl (C=O) groups is 1. The van der Waals surface area contributed by atoms with Gasteiger partial charge in [-0.2, -0.15) is 0 Å². The summed E-state index contributed by atoms with van der Waals surface area (Å²) in [6.45, 7) is 1.00. The molecule has 17 heavy (non-hydrogen) atoms.